The Bertz CT molecular complexity index is 496. The molecular weight excluding hydrogens is 258 g/mol. The first-order chi connectivity index (χ1) is 8.78. The molecular formula is C16H20ClNO. The van der Waals surface area contributed by atoms with Crippen molar-refractivity contribution in [2.45, 2.75) is 20.0 Å². The summed E-state index contributed by atoms with van der Waals surface area (Å²) in [5.41, 5.74) is 3.84. The highest BCUT2D eigenvalue weighted by Crippen LogP contribution is 2.12. The average molecular weight is 278 g/mol. The molecule has 19 heavy (non-hydrogen) atoms. The first kappa shape index (κ1) is 15.5. The Morgan fingerprint density at radius 1 is 0.947 bits per heavy atom. The van der Waals surface area contributed by atoms with E-state index in [0.717, 1.165) is 18.8 Å². The van der Waals surface area contributed by atoms with E-state index in [1.807, 2.05) is 12.1 Å². The summed E-state index contributed by atoms with van der Waals surface area (Å²) in [6.45, 7) is 3.84. The van der Waals surface area contributed by atoms with E-state index in [1.165, 1.54) is 16.7 Å². The molecule has 0 spiro atoms. The first-order valence-electron chi connectivity index (χ1n) is 6.17. The number of hydrogen-bond acceptors (Lipinski definition) is 2. The van der Waals surface area contributed by atoms with E-state index >= 15 is 0 Å². The topological polar surface area (TPSA) is 21.3 Å². The van der Waals surface area contributed by atoms with Gasteiger partial charge in [0.05, 0.1) is 7.11 Å². The van der Waals surface area contributed by atoms with Gasteiger partial charge in [0.25, 0.3) is 0 Å². The monoisotopic (exact) mass is 277 g/mol. The van der Waals surface area contributed by atoms with Crippen LogP contribution in [0.15, 0.2) is 48.5 Å². The quantitative estimate of drug-likeness (QED) is 0.899. The molecule has 0 aromatic heterocycles. The van der Waals surface area contributed by atoms with Crippen LogP contribution in [0.5, 0.6) is 5.75 Å². The average Bonchev–Trinajstić information content (AvgIpc) is 2.41. The van der Waals surface area contributed by atoms with E-state index in [1.54, 1.807) is 7.11 Å². The lowest BCUT2D eigenvalue weighted by atomic mass is 10.1. The van der Waals surface area contributed by atoms with Crippen molar-refractivity contribution in [3.8, 4) is 5.75 Å². The van der Waals surface area contributed by atoms with E-state index in [9.17, 15) is 0 Å². The Balaban J connectivity index is 0.00000180. The molecule has 0 bridgehead atoms. The number of aryl methyl sites for hydroxylation is 1. The van der Waals surface area contributed by atoms with Gasteiger partial charge in [-0.15, -0.1) is 12.4 Å². The number of benzene rings is 2. The summed E-state index contributed by atoms with van der Waals surface area (Å²) in [7, 11) is 1.69. The molecule has 0 amide bonds. The predicted octanol–water partition coefficient (Wildman–Crippen LogP) is 3.72. The van der Waals surface area contributed by atoms with Gasteiger partial charge in [0.15, 0.2) is 0 Å². The van der Waals surface area contributed by atoms with Crippen LogP contribution in [0.2, 0.25) is 0 Å². The van der Waals surface area contributed by atoms with Gasteiger partial charge >= 0.3 is 0 Å². The Kier molecular flexibility index (Phi) is 6.40. The van der Waals surface area contributed by atoms with Gasteiger partial charge in [0.2, 0.25) is 0 Å². The molecule has 0 aliphatic rings. The third kappa shape index (κ3) is 4.93. The Labute approximate surface area is 121 Å². The van der Waals surface area contributed by atoms with Crippen LogP contribution in [0.4, 0.5) is 0 Å². The number of rotatable bonds is 5. The van der Waals surface area contributed by atoms with Crippen LogP contribution in [0.3, 0.4) is 0 Å². The van der Waals surface area contributed by atoms with Gasteiger partial charge in [-0.25, -0.2) is 0 Å². The zero-order chi connectivity index (χ0) is 12.8. The Morgan fingerprint density at radius 2 is 1.63 bits per heavy atom. The molecule has 0 aliphatic heterocycles. The molecule has 2 nitrogen and oxygen atoms in total. The predicted molar refractivity (Wildman–Crippen MR) is 82.0 cm³/mol. The molecule has 0 radical (unpaired) electrons. The molecule has 3 heteroatoms. The second-order valence-corrected chi connectivity index (χ2v) is 4.44. The fraction of sp³-hybridized carbons (Fsp3) is 0.250. The van der Waals surface area contributed by atoms with Crippen LogP contribution in [-0.2, 0) is 13.1 Å². The van der Waals surface area contributed by atoms with E-state index in [2.05, 4.69) is 48.6 Å². The summed E-state index contributed by atoms with van der Waals surface area (Å²) < 4.78 is 5.20. The van der Waals surface area contributed by atoms with Crippen molar-refractivity contribution in [3.63, 3.8) is 0 Å². The molecule has 2 aromatic rings. The van der Waals surface area contributed by atoms with Crippen molar-refractivity contribution in [2.75, 3.05) is 7.11 Å². The maximum absolute atomic E-state index is 5.20. The zero-order valence-electron chi connectivity index (χ0n) is 11.3. The van der Waals surface area contributed by atoms with Gasteiger partial charge < -0.3 is 10.1 Å². The van der Waals surface area contributed by atoms with E-state index in [4.69, 9.17) is 4.74 Å². The van der Waals surface area contributed by atoms with Crippen molar-refractivity contribution in [1.29, 1.82) is 0 Å². The van der Waals surface area contributed by atoms with Crippen molar-refractivity contribution < 1.29 is 4.74 Å². The number of hydrogen-bond donors (Lipinski definition) is 1. The minimum absolute atomic E-state index is 0. The molecule has 0 aliphatic carbocycles. The van der Waals surface area contributed by atoms with E-state index < -0.39 is 0 Å². The zero-order valence-corrected chi connectivity index (χ0v) is 12.2. The largest absolute Gasteiger partial charge is 0.497 e. The van der Waals surface area contributed by atoms with E-state index in [-0.39, 0.29) is 12.4 Å². The lowest BCUT2D eigenvalue weighted by Crippen LogP contribution is -2.12. The maximum Gasteiger partial charge on any atom is 0.119 e. The summed E-state index contributed by atoms with van der Waals surface area (Å²) in [6.07, 6.45) is 0. The second-order valence-electron chi connectivity index (χ2n) is 4.44. The standard InChI is InChI=1S/C16H19NO.ClH/c1-13-6-8-14(9-7-13)11-17-12-15-4-3-5-16(10-15)18-2;/h3-10,17H,11-12H2,1-2H3;1H. The van der Waals surface area contributed by atoms with Crippen molar-refractivity contribution in [3.05, 3.63) is 65.2 Å². The molecule has 0 saturated carbocycles. The van der Waals surface area contributed by atoms with Gasteiger partial charge in [-0.2, -0.15) is 0 Å². The fourth-order valence-electron chi connectivity index (χ4n) is 1.84. The maximum atomic E-state index is 5.20. The van der Waals surface area contributed by atoms with Gasteiger partial charge in [0, 0.05) is 13.1 Å². The highest BCUT2D eigenvalue weighted by molar-refractivity contribution is 5.85. The molecule has 0 unspecified atom stereocenters. The number of nitrogens with one attached hydrogen (secondary N) is 1. The molecule has 2 rings (SSSR count). The van der Waals surface area contributed by atoms with Gasteiger partial charge in [-0.1, -0.05) is 42.0 Å². The normalized spacial score (nSPS) is 9.79. The molecule has 102 valence electrons. The first-order valence-corrected chi connectivity index (χ1v) is 6.17. The number of halogens is 1. The molecule has 0 saturated heterocycles. The molecule has 0 heterocycles. The molecule has 0 atom stereocenters. The molecule has 1 N–H and O–H groups in total. The third-order valence-corrected chi connectivity index (χ3v) is 2.91. The van der Waals surface area contributed by atoms with Crippen LogP contribution in [0, 0.1) is 6.92 Å². The molecule has 0 fully saturated rings. The van der Waals surface area contributed by atoms with Crippen molar-refractivity contribution in [2.24, 2.45) is 0 Å². The minimum atomic E-state index is 0. The van der Waals surface area contributed by atoms with Crippen LogP contribution < -0.4 is 10.1 Å². The van der Waals surface area contributed by atoms with Crippen LogP contribution in [0.25, 0.3) is 0 Å². The summed E-state index contributed by atoms with van der Waals surface area (Å²) in [5.74, 6) is 0.907. The fourth-order valence-corrected chi connectivity index (χ4v) is 1.84. The summed E-state index contributed by atoms with van der Waals surface area (Å²) in [5, 5.41) is 3.43. The summed E-state index contributed by atoms with van der Waals surface area (Å²) in [6, 6.07) is 16.7. The minimum Gasteiger partial charge on any atom is -0.497 e. The Hall–Kier alpha value is -1.51. The Morgan fingerprint density at radius 3 is 2.32 bits per heavy atom. The lowest BCUT2D eigenvalue weighted by molar-refractivity contribution is 0.414. The summed E-state index contributed by atoms with van der Waals surface area (Å²) in [4.78, 5) is 0. The van der Waals surface area contributed by atoms with E-state index in [0.29, 0.717) is 0 Å². The summed E-state index contributed by atoms with van der Waals surface area (Å²) >= 11 is 0. The van der Waals surface area contributed by atoms with Gasteiger partial charge in [0.1, 0.15) is 5.75 Å². The second kappa shape index (κ2) is 7.82. The molecule has 2 aromatic carbocycles. The van der Waals surface area contributed by atoms with Crippen LogP contribution in [-0.4, -0.2) is 7.11 Å². The van der Waals surface area contributed by atoms with Gasteiger partial charge in [-0.3, -0.25) is 0 Å². The highest BCUT2D eigenvalue weighted by atomic mass is 35.5. The third-order valence-electron chi connectivity index (χ3n) is 2.91. The smallest absolute Gasteiger partial charge is 0.119 e. The van der Waals surface area contributed by atoms with Crippen LogP contribution >= 0.6 is 12.4 Å². The number of methoxy groups -OCH3 is 1. The lowest BCUT2D eigenvalue weighted by Gasteiger charge is -2.07. The highest BCUT2D eigenvalue weighted by Gasteiger charge is 1.96. The number of ether oxygens (including phenoxy) is 1. The van der Waals surface area contributed by atoms with Crippen molar-refractivity contribution in [1.82, 2.24) is 5.32 Å². The van der Waals surface area contributed by atoms with Crippen LogP contribution in [0.1, 0.15) is 16.7 Å². The van der Waals surface area contributed by atoms with Gasteiger partial charge in [-0.05, 0) is 30.2 Å². The van der Waals surface area contributed by atoms with Crippen molar-refractivity contribution >= 4 is 12.4 Å². The SMILES string of the molecule is COc1cccc(CNCc2ccc(C)cc2)c1.Cl.